The van der Waals surface area contributed by atoms with Gasteiger partial charge >= 0.3 is 0 Å². The zero-order valence-corrected chi connectivity index (χ0v) is 17.7. The predicted molar refractivity (Wildman–Crippen MR) is 118 cm³/mol. The lowest BCUT2D eigenvalue weighted by molar-refractivity contribution is -0.124. The highest BCUT2D eigenvalue weighted by Gasteiger charge is 2.17. The van der Waals surface area contributed by atoms with Gasteiger partial charge in [-0.15, -0.1) is 11.3 Å². The third-order valence-electron chi connectivity index (χ3n) is 4.08. The zero-order valence-electron chi connectivity index (χ0n) is 16.2. The van der Waals surface area contributed by atoms with Crippen LogP contribution in [0.4, 0.5) is 5.69 Å². The monoisotopic (exact) mass is 445 g/mol. The largest absolute Gasteiger partial charge is 0.494 e. The molecular formula is C21H20ClN3O4S. The molecule has 0 atom stereocenters. The molecule has 0 spiro atoms. The van der Waals surface area contributed by atoms with Crippen molar-refractivity contribution in [2.24, 2.45) is 0 Å². The summed E-state index contributed by atoms with van der Waals surface area (Å²) in [5, 5.41) is 3.83. The predicted octanol–water partition coefficient (Wildman–Crippen LogP) is 4.13. The first-order valence-corrected chi connectivity index (χ1v) is 10.5. The number of benzene rings is 2. The van der Waals surface area contributed by atoms with Gasteiger partial charge in [0, 0.05) is 28.6 Å². The Kier molecular flexibility index (Phi) is 7.26. The van der Waals surface area contributed by atoms with Crippen molar-refractivity contribution in [3.63, 3.8) is 0 Å². The van der Waals surface area contributed by atoms with Crippen LogP contribution in [0.1, 0.15) is 29.4 Å². The van der Waals surface area contributed by atoms with Crippen LogP contribution in [0.25, 0.3) is 10.1 Å². The molecule has 7 nitrogen and oxygen atoms in total. The maximum atomic E-state index is 12.3. The molecule has 0 unspecified atom stereocenters. The molecular weight excluding hydrogens is 426 g/mol. The molecule has 1 aromatic heterocycles. The second kappa shape index (κ2) is 10.1. The van der Waals surface area contributed by atoms with Crippen LogP contribution < -0.4 is 20.9 Å². The first-order valence-electron chi connectivity index (χ1n) is 9.27. The minimum absolute atomic E-state index is 0.0292. The van der Waals surface area contributed by atoms with E-state index in [1.807, 2.05) is 31.2 Å². The zero-order chi connectivity index (χ0) is 21.5. The molecule has 3 N–H and O–H groups in total. The van der Waals surface area contributed by atoms with Crippen molar-refractivity contribution in [2.75, 3.05) is 11.9 Å². The minimum Gasteiger partial charge on any atom is -0.494 e. The average molecular weight is 446 g/mol. The summed E-state index contributed by atoms with van der Waals surface area (Å²) in [6, 6.07) is 14.3. The fourth-order valence-corrected chi connectivity index (χ4v) is 4.07. The number of hydrazine groups is 1. The molecule has 3 aromatic rings. The lowest BCUT2D eigenvalue weighted by Crippen LogP contribution is -2.41. The molecule has 9 heteroatoms. The van der Waals surface area contributed by atoms with Gasteiger partial charge in [-0.3, -0.25) is 25.2 Å². The van der Waals surface area contributed by atoms with Gasteiger partial charge in [0.1, 0.15) is 10.6 Å². The second-order valence-electron chi connectivity index (χ2n) is 6.25. The number of ether oxygens (including phenoxy) is 1. The summed E-state index contributed by atoms with van der Waals surface area (Å²) in [5.41, 5.74) is 5.25. The molecule has 0 saturated carbocycles. The molecule has 0 radical (unpaired) electrons. The van der Waals surface area contributed by atoms with Crippen LogP contribution in [0.5, 0.6) is 5.75 Å². The number of fused-ring (bicyclic) bond motifs is 1. The van der Waals surface area contributed by atoms with Crippen molar-refractivity contribution in [1.82, 2.24) is 10.9 Å². The van der Waals surface area contributed by atoms with Gasteiger partial charge in [0.2, 0.25) is 11.8 Å². The molecule has 0 aliphatic rings. The van der Waals surface area contributed by atoms with E-state index < -0.39 is 11.8 Å². The summed E-state index contributed by atoms with van der Waals surface area (Å²) in [6.45, 7) is 2.45. The highest BCUT2D eigenvalue weighted by atomic mass is 35.5. The fourth-order valence-electron chi connectivity index (χ4n) is 2.66. The molecule has 3 amide bonds. The van der Waals surface area contributed by atoms with Crippen LogP contribution in [0.2, 0.25) is 5.02 Å². The molecule has 0 aliphatic heterocycles. The van der Waals surface area contributed by atoms with Crippen LogP contribution in [0.15, 0.2) is 48.5 Å². The summed E-state index contributed by atoms with van der Waals surface area (Å²) in [6.07, 6.45) is -0.109. The Labute approximate surface area is 182 Å². The van der Waals surface area contributed by atoms with Crippen molar-refractivity contribution in [2.45, 2.75) is 19.8 Å². The summed E-state index contributed by atoms with van der Waals surface area (Å²) < 4.78 is 6.22. The lowest BCUT2D eigenvalue weighted by atomic mass is 10.2. The molecule has 0 fully saturated rings. The molecule has 1 heterocycles. The van der Waals surface area contributed by atoms with E-state index in [2.05, 4.69) is 16.2 Å². The Morgan fingerprint density at radius 1 is 0.967 bits per heavy atom. The number of anilines is 1. The number of hydrogen-bond donors (Lipinski definition) is 3. The van der Waals surface area contributed by atoms with E-state index >= 15 is 0 Å². The topological polar surface area (TPSA) is 96.5 Å². The van der Waals surface area contributed by atoms with Crippen molar-refractivity contribution in [1.29, 1.82) is 0 Å². The number of nitrogens with one attached hydrogen (secondary N) is 3. The molecule has 0 bridgehead atoms. The van der Waals surface area contributed by atoms with Crippen LogP contribution in [0, 0.1) is 0 Å². The highest BCUT2D eigenvalue weighted by Crippen LogP contribution is 2.34. The number of halogens is 1. The highest BCUT2D eigenvalue weighted by molar-refractivity contribution is 7.21. The van der Waals surface area contributed by atoms with E-state index in [0.717, 1.165) is 10.1 Å². The van der Waals surface area contributed by atoms with E-state index in [9.17, 15) is 14.4 Å². The molecule has 30 heavy (non-hydrogen) atoms. The van der Waals surface area contributed by atoms with E-state index in [-0.39, 0.29) is 18.7 Å². The number of carbonyl (C=O) groups excluding carboxylic acids is 3. The van der Waals surface area contributed by atoms with E-state index in [0.29, 0.717) is 27.9 Å². The van der Waals surface area contributed by atoms with Crippen molar-refractivity contribution in [3.05, 3.63) is 58.4 Å². The SMILES string of the molecule is CCOc1ccc(NC(=O)CCC(=O)NNC(=O)c2sc3ccccc3c2Cl)cc1. The van der Waals surface area contributed by atoms with Gasteiger partial charge in [0.05, 0.1) is 11.6 Å². The van der Waals surface area contributed by atoms with Gasteiger partial charge in [-0.2, -0.15) is 0 Å². The van der Waals surface area contributed by atoms with Crippen molar-refractivity contribution in [3.8, 4) is 5.75 Å². The third kappa shape index (κ3) is 5.49. The first-order chi connectivity index (χ1) is 14.5. The quantitative estimate of drug-likeness (QED) is 0.476. The summed E-state index contributed by atoms with van der Waals surface area (Å²) in [5.74, 6) is -0.589. The van der Waals surface area contributed by atoms with Gasteiger partial charge in [0.25, 0.3) is 5.91 Å². The van der Waals surface area contributed by atoms with E-state index in [4.69, 9.17) is 16.3 Å². The van der Waals surface area contributed by atoms with Crippen LogP contribution >= 0.6 is 22.9 Å². The van der Waals surface area contributed by atoms with Gasteiger partial charge in [-0.25, -0.2) is 0 Å². The average Bonchev–Trinajstić information content (AvgIpc) is 3.09. The normalized spacial score (nSPS) is 10.5. The number of carbonyl (C=O) groups is 3. The molecule has 0 saturated heterocycles. The Balaban J connectivity index is 1.44. The van der Waals surface area contributed by atoms with Gasteiger partial charge in [0.15, 0.2) is 0 Å². The van der Waals surface area contributed by atoms with Crippen LogP contribution in [-0.4, -0.2) is 24.3 Å². The van der Waals surface area contributed by atoms with Crippen molar-refractivity contribution >= 4 is 56.4 Å². The maximum absolute atomic E-state index is 12.3. The molecule has 0 aliphatic carbocycles. The van der Waals surface area contributed by atoms with Gasteiger partial charge in [-0.1, -0.05) is 29.8 Å². The Morgan fingerprint density at radius 3 is 2.37 bits per heavy atom. The van der Waals surface area contributed by atoms with Crippen LogP contribution in [0.3, 0.4) is 0 Å². The summed E-state index contributed by atoms with van der Waals surface area (Å²) >= 11 is 7.49. The van der Waals surface area contributed by atoms with Gasteiger partial charge in [-0.05, 0) is 37.3 Å². The Bertz CT molecular complexity index is 1070. The van der Waals surface area contributed by atoms with Gasteiger partial charge < -0.3 is 10.1 Å². The number of hydrogen-bond acceptors (Lipinski definition) is 5. The number of rotatable bonds is 7. The smallest absolute Gasteiger partial charge is 0.281 e. The fraction of sp³-hybridized carbons (Fsp3) is 0.190. The second-order valence-corrected chi connectivity index (χ2v) is 7.68. The molecule has 156 valence electrons. The molecule has 3 rings (SSSR count). The minimum atomic E-state index is -0.506. The third-order valence-corrected chi connectivity index (χ3v) is 5.76. The van der Waals surface area contributed by atoms with Crippen molar-refractivity contribution < 1.29 is 19.1 Å². The Morgan fingerprint density at radius 2 is 1.67 bits per heavy atom. The van der Waals surface area contributed by atoms with Crippen LogP contribution in [-0.2, 0) is 9.59 Å². The molecule has 2 aromatic carbocycles. The number of thiophene rings is 1. The summed E-state index contributed by atoms with van der Waals surface area (Å²) in [4.78, 5) is 36.6. The maximum Gasteiger partial charge on any atom is 0.281 e. The summed E-state index contributed by atoms with van der Waals surface area (Å²) in [7, 11) is 0. The van der Waals surface area contributed by atoms with E-state index in [1.54, 1.807) is 24.3 Å². The standard InChI is InChI=1S/C21H20ClN3O4S/c1-2-29-14-9-7-13(8-10-14)23-17(26)11-12-18(27)24-25-21(28)20-19(22)15-5-3-4-6-16(15)30-20/h3-10H,2,11-12H2,1H3,(H,23,26)(H,24,27)(H,25,28). The Hall–Kier alpha value is -3.10. The lowest BCUT2D eigenvalue weighted by Gasteiger charge is -2.08. The first kappa shape index (κ1) is 21.6. The van der Waals surface area contributed by atoms with E-state index in [1.165, 1.54) is 11.3 Å². The number of amides is 3.